The lowest BCUT2D eigenvalue weighted by atomic mass is 9.91. The van der Waals surface area contributed by atoms with Crippen LogP contribution in [-0.4, -0.2) is 27.1 Å². The highest BCUT2D eigenvalue weighted by atomic mass is 32.1. The van der Waals surface area contributed by atoms with Crippen molar-refractivity contribution in [1.82, 2.24) is 10.0 Å². The van der Waals surface area contributed by atoms with Crippen LogP contribution in [0.1, 0.15) is 43.2 Å². The van der Waals surface area contributed by atoms with Gasteiger partial charge in [0.05, 0.1) is 18.2 Å². The van der Waals surface area contributed by atoms with Gasteiger partial charge in [-0.3, -0.25) is 4.79 Å². The monoisotopic (exact) mass is 331 g/mol. The van der Waals surface area contributed by atoms with Crippen LogP contribution < -0.4 is 0 Å². The molecule has 2 fully saturated rings. The Kier molecular flexibility index (Phi) is 4.18. The number of hydrogen-bond acceptors (Lipinski definition) is 4. The van der Waals surface area contributed by atoms with Gasteiger partial charge in [-0.15, -0.1) is 0 Å². The number of rotatable bonds is 2. The van der Waals surface area contributed by atoms with Gasteiger partial charge >= 0.3 is 11.3 Å². The Balaban J connectivity index is 1.89. The standard InChI is InChI=1S/C16H17N3O3S/c17-10-12-5-4-6-13(9-12)11-18-14(20)22-16(19(18)15(21)23)7-2-1-3-8-16/h4-6,9H,1-3,7-8,11H2,(H,21,23). The van der Waals surface area contributed by atoms with Gasteiger partial charge in [0.15, 0.2) is 0 Å². The van der Waals surface area contributed by atoms with E-state index in [1.165, 1.54) is 10.0 Å². The van der Waals surface area contributed by atoms with Crippen LogP contribution in [-0.2, 0) is 11.3 Å². The number of hydrogen-bond donors (Lipinski definition) is 1. The van der Waals surface area contributed by atoms with E-state index >= 15 is 0 Å². The third-order valence-corrected chi connectivity index (χ3v) is 4.51. The maximum absolute atomic E-state index is 12.3. The average Bonchev–Trinajstić information content (AvgIpc) is 2.79. The Morgan fingerprint density at radius 3 is 2.74 bits per heavy atom. The summed E-state index contributed by atoms with van der Waals surface area (Å²) in [5.41, 5.74) is 0.362. The second-order valence-electron chi connectivity index (χ2n) is 5.84. The number of nitriles is 1. The molecule has 1 heterocycles. The fourth-order valence-electron chi connectivity index (χ4n) is 3.30. The summed E-state index contributed by atoms with van der Waals surface area (Å²) in [7, 11) is 0. The zero-order valence-electron chi connectivity index (χ0n) is 12.6. The third-order valence-electron chi connectivity index (χ3n) is 4.32. The van der Waals surface area contributed by atoms with Gasteiger partial charge in [0.2, 0.25) is 5.72 Å². The van der Waals surface area contributed by atoms with Crippen LogP contribution in [0.15, 0.2) is 24.3 Å². The summed E-state index contributed by atoms with van der Waals surface area (Å²) in [4.78, 5) is 24.4. The molecule has 6 nitrogen and oxygen atoms in total. The van der Waals surface area contributed by atoms with E-state index in [0.29, 0.717) is 18.4 Å². The number of ether oxygens (including phenoxy) is 1. The van der Waals surface area contributed by atoms with E-state index in [1.807, 2.05) is 0 Å². The van der Waals surface area contributed by atoms with Crippen molar-refractivity contribution >= 4 is 24.0 Å². The molecule has 0 atom stereocenters. The molecule has 1 aromatic rings. The van der Waals surface area contributed by atoms with Crippen LogP contribution in [0, 0.1) is 11.3 Å². The molecule has 23 heavy (non-hydrogen) atoms. The predicted molar refractivity (Wildman–Crippen MR) is 85.2 cm³/mol. The van der Waals surface area contributed by atoms with Crippen molar-refractivity contribution in [2.75, 3.05) is 0 Å². The zero-order valence-corrected chi connectivity index (χ0v) is 13.5. The molecule has 0 aromatic heterocycles. The van der Waals surface area contributed by atoms with Gasteiger partial charge < -0.3 is 4.74 Å². The molecule has 1 saturated carbocycles. The van der Waals surface area contributed by atoms with Crippen LogP contribution in [0.2, 0.25) is 0 Å². The van der Waals surface area contributed by atoms with Crippen LogP contribution in [0.25, 0.3) is 0 Å². The van der Waals surface area contributed by atoms with Gasteiger partial charge in [0.25, 0.3) is 0 Å². The number of amides is 2. The van der Waals surface area contributed by atoms with E-state index < -0.39 is 17.1 Å². The van der Waals surface area contributed by atoms with E-state index in [9.17, 15) is 9.59 Å². The first-order valence-corrected chi connectivity index (χ1v) is 8.03. The maximum atomic E-state index is 12.3. The summed E-state index contributed by atoms with van der Waals surface area (Å²) in [6.07, 6.45) is 3.58. The van der Waals surface area contributed by atoms with Crippen molar-refractivity contribution in [2.24, 2.45) is 0 Å². The van der Waals surface area contributed by atoms with Crippen LogP contribution >= 0.6 is 12.6 Å². The minimum Gasteiger partial charge on any atom is -0.419 e. The molecule has 2 aliphatic rings. The van der Waals surface area contributed by atoms with Crippen molar-refractivity contribution in [3.05, 3.63) is 35.4 Å². The normalized spacial score (nSPS) is 19.6. The van der Waals surface area contributed by atoms with Crippen molar-refractivity contribution in [2.45, 2.75) is 44.4 Å². The average molecular weight is 331 g/mol. The number of nitrogens with zero attached hydrogens (tertiary/aromatic N) is 3. The smallest absolute Gasteiger partial charge is 0.419 e. The van der Waals surface area contributed by atoms with Crippen LogP contribution in [0.5, 0.6) is 0 Å². The fourth-order valence-corrected chi connectivity index (χ4v) is 3.59. The van der Waals surface area contributed by atoms with E-state index in [1.54, 1.807) is 24.3 Å². The van der Waals surface area contributed by atoms with Crippen molar-refractivity contribution in [3.8, 4) is 6.07 Å². The highest BCUT2D eigenvalue weighted by Gasteiger charge is 2.54. The molecule has 0 radical (unpaired) electrons. The van der Waals surface area contributed by atoms with Crippen molar-refractivity contribution < 1.29 is 14.3 Å². The van der Waals surface area contributed by atoms with E-state index in [0.717, 1.165) is 24.8 Å². The summed E-state index contributed by atoms with van der Waals surface area (Å²) < 4.78 is 5.58. The summed E-state index contributed by atoms with van der Waals surface area (Å²) in [6, 6.07) is 9.00. The van der Waals surface area contributed by atoms with Gasteiger partial charge in [-0.1, -0.05) is 31.2 Å². The molecule has 1 aliphatic carbocycles. The SMILES string of the molecule is N#Cc1cccc(CN2C(=O)OC3(CCCCC3)N2C(=O)S)c1. The molecule has 7 heteroatoms. The van der Waals surface area contributed by atoms with Crippen LogP contribution in [0.4, 0.5) is 9.59 Å². The highest BCUT2D eigenvalue weighted by Crippen LogP contribution is 2.41. The van der Waals surface area contributed by atoms with Gasteiger partial charge in [0.1, 0.15) is 0 Å². The molecule has 0 bridgehead atoms. The molecule has 120 valence electrons. The Morgan fingerprint density at radius 1 is 1.35 bits per heavy atom. The van der Waals surface area contributed by atoms with Gasteiger partial charge in [-0.2, -0.15) is 10.3 Å². The maximum Gasteiger partial charge on any atom is 0.431 e. The number of hydrazine groups is 1. The molecular formula is C16H17N3O3S. The second-order valence-corrected chi connectivity index (χ2v) is 6.22. The van der Waals surface area contributed by atoms with Crippen molar-refractivity contribution in [1.29, 1.82) is 5.26 Å². The molecule has 0 N–H and O–H groups in total. The minimum absolute atomic E-state index is 0.169. The largest absolute Gasteiger partial charge is 0.431 e. The Bertz CT molecular complexity index is 679. The lowest BCUT2D eigenvalue weighted by Gasteiger charge is -2.38. The Morgan fingerprint density at radius 2 is 2.09 bits per heavy atom. The summed E-state index contributed by atoms with van der Waals surface area (Å²) in [5.74, 6) is 0. The first-order valence-electron chi connectivity index (χ1n) is 7.58. The molecule has 1 spiro atoms. The first kappa shape index (κ1) is 15.7. The summed E-state index contributed by atoms with van der Waals surface area (Å²) >= 11 is 3.94. The predicted octanol–water partition coefficient (Wildman–Crippen LogP) is 3.44. The van der Waals surface area contributed by atoms with E-state index in [2.05, 4.69) is 18.7 Å². The molecule has 0 unspecified atom stereocenters. The highest BCUT2D eigenvalue weighted by molar-refractivity contribution is 7.96. The van der Waals surface area contributed by atoms with Gasteiger partial charge in [-0.25, -0.2) is 9.80 Å². The lowest BCUT2D eigenvalue weighted by molar-refractivity contribution is -0.0940. The lowest BCUT2D eigenvalue weighted by Crippen LogP contribution is -2.52. The molecular weight excluding hydrogens is 314 g/mol. The fraction of sp³-hybridized carbons (Fsp3) is 0.438. The Hall–Kier alpha value is -2.20. The molecule has 3 rings (SSSR count). The molecule has 1 aromatic carbocycles. The third kappa shape index (κ3) is 2.86. The Labute approximate surface area is 140 Å². The first-order chi connectivity index (χ1) is 11.1. The van der Waals surface area contributed by atoms with Crippen LogP contribution in [0.3, 0.4) is 0 Å². The zero-order chi connectivity index (χ0) is 16.4. The number of benzene rings is 1. The van der Waals surface area contributed by atoms with Gasteiger partial charge in [-0.05, 0) is 30.5 Å². The van der Waals surface area contributed by atoms with E-state index in [4.69, 9.17) is 10.00 Å². The number of thiol groups is 1. The minimum atomic E-state index is -0.902. The summed E-state index contributed by atoms with van der Waals surface area (Å²) in [5, 5.41) is 11.1. The second kappa shape index (κ2) is 6.13. The molecule has 1 saturated heterocycles. The molecule has 2 amide bonds. The number of carbonyl (C=O) groups is 2. The molecule has 1 aliphatic heterocycles. The summed E-state index contributed by atoms with van der Waals surface area (Å²) in [6.45, 7) is 0.169. The van der Waals surface area contributed by atoms with E-state index in [-0.39, 0.29) is 6.54 Å². The van der Waals surface area contributed by atoms with Crippen molar-refractivity contribution in [3.63, 3.8) is 0 Å². The quantitative estimate of drug-likeness (QED) is 0.843. The van der Waals surface area contributed by atoms with Gasteiger partial charge in [0, 0.05) is 12.8 Å². The number of carbonyl (C=O) groups excluding carboxylic acids is 2. The topological polar surface area (TPSA) is 73.6 Å².